The minimum atomic E-state index is -1.09. The number of imide groups is 1. The molecule has 1 fully saturated rings. The molecular formula is C26H41N3O13. The number of hydrogen-bond donors (Lipinski definition) is 2. The van der Waals surface area contributed by atoms with Gasteiger partial charge in [0.05, 0.1) is 85.7 Å². The number of rotatable bonds is 25. The molecule has 42 heavy (non-hydrogen) atoms. The molecule has 0 bridgehead atoms. The highest BCUT2D eigenvalue weighted by atomic mass is 16.7. The SMILES string of the molecule is O=C(CCN1C(=O)C=CC1=O)NCCOCCOCCOCCOCCOCCOCCC(=O)ON1C(=O)CCC1O. The molecule has 1 atom stereocenters. The predicted molar refractivity (Wildman–Crippen MR) is 141 cm³/mol. The Balaban J connectivity index is 1.22. The van der Waals surface area contributed by atoms with E-state index in [0.717, 1.165) is 4.90 Å². The Labute approximate surface area is 244 Å². The summed E-state index contributed by atoms with van der Waals surface area (Å²) in [6.45, 7) is 4.57. The van der Waals surface area contributed by atoms with Gasteiger partial charge in [0.25, 0.3) is 17.7 Å². The Bertz CT molecular complexity index is 868. The zero-order valence-corrected chi connectivity index (χ0v) is 23.7. The van der Waals surface area contributed by atoms with Crippen molar-refractivity contribution in [1.82, 2.24) is 15.3 Å². The summed E-state index contributed by atoms with van der Waals surface area (Å²) < 4.78 is 32.2. The van der Waals surface area contributed by atoms with E-state index in [0.29, 0.717) is 77.7 Å². The van der Waals surface area contributed by atoms with Crippen LogP contribution in [0.25, 0.3) is 0 Å². The summed E-state index contributed by atoms with van der Waals surface area (Å²) in [4.78, 5) is 63.5. The quantitative estimate of drug-likeness (QED) is 0.0889. The van der Waals surface area contributed by atoms with E-state index in [9.17, 15) is 29.1 Å². The summed E-state index contributed by atoms with van der Waals surface area (Å²) in [7, 11) is 0. The van der Waals surface area contributed by atoms with Gasteiger partial charge in [-0.05, 0) is 0 Å². The van der Waals surface area contributed by atoms with Crippen molar-refractivity contribution in [2.24, 2.45) is 0 Å². The number of nitrogens with one attached hydrogen (secondary N) is 1. The molecule has 0 saturated carbocycles. The lowest BCUT2D eigenvalue weighted by molar-refractivity contribution is -0.221. The highest BCUT2D eigenvalue weighted by Gasteiger charge is 2.32. The minimum Gasteiger partial charge on any atom is -0.378 e. The fourth-order valence-corrected chi connectivity index (χ4v) is 3.49. The first-order chi connectivity index (χ1) is 20.4. The number of hydroxylamine groups is 2. The Kier molecular flexibility index (Phi) is 18.2. The summed E-state index contributed by atoms with van der Waals surface area (Å²) in [5, 5.41) is 12.9. The highest BCUT2D eigenvalue weighted by Crippen LogP contribution is 2.16. The summed E-state index contributed by atoms with van der Waals surface area (Å²) >= 11 is 0. The standard InChI is InChI=1S/C26H41N3O13/c30-21(5-8-28-22(31)1-2-23(28)32)27-7-10-37-12-14-39-16-18-41-20-19-40-17-15-38-13-11-36-9-6-26(35)42-29-24(33)3-4-25(29)34/h1-2,24,33H,3-20H2,(H,27,30). The number of hydrogen-bond acceptors (Lipinski definition) is 13. The smallest absolute Gasteiger partial charge is 0.334 e. The van der Waals surface area contributed by atoms with Gasteiger partial charge in [-0.25, -0.2) is 4.79 Å². The van der Waals surface area contributed by atoms with E-state index in [1.54, 1.807) is 0 Å². The monoisotopic (exact) mass is 603 g/mol. The molecule has 16 nitrogen and oxygen atoms in total. The van der Waals surface area contributed by atoms with Crippen LogP contribution in [0.3, 0.4) is 0 Å². The van der Waals surface area contributed by atoms with Gasteiger partial charge < -0.3 is 43.7 Å². The fraction of sp³-hybridized carbons (Fsp3) is 0.731. The molecule has 0 aromatic rings. The summed E-state index contributed by atoms with van der Waals surface area (Å²) in [6.07, 6.45) is 1.67. The van der Waals surface area contributed by atoms with Gasteiger partial charge in [0.1, 0.15) is 0 Å². The van der Waals surface area contributed by atoms with Gasteiger partial charge in [0.2, 0.25) is 5.91 Å². The van der Waals surface area contributed by atoms with Crippen LogP contribution in [-0.2, 0) is 57.2 Å². The van der Waals surface area contributed by atoms with E-state index in [2.05, 4.69) is 5.32 Å². The number of nitrogens with zero attached hydrogens (tertiary/aromatic N) is 2. The zero-order chi connectivity index (χ0) is 30.4. The number of carbonyl (C=O) groups is 5. The van der Waals surface area contributed by atoms with Crippen molar-refractivity contribution in [3.8, 4) is 0 Å². The largest absolute Gasteiger partial charge is 0.378 e. The van der Waals surface area contributed by atoms with E-state index in [-0.39, 0.29) is 51.3 Å². The van der Waals surface area contributed by atoms with E-state index >= 15 is 0 Å². The van der Waals surface area contributed by atoms with Crippen LogP contribution in [0.5, 0.6) is 0 Å². The Morgan fingerprint density at radius 3 is 1.69 bits per heavy atom. The lowest BCUT2D eigenvalue weighted by Crippen LogP contribution is -2.35. The molecule has 0 radical (unpaired) electrons. The van der Waals surface area contributed by atoms with Crippen molar-refractivity contribution in [3.05, 3.63) is 12.2 Å². The van der Waals surface area contributed by atoms with Crippen molar-refractivity contribution in [1.29, 1.82) is 0 Å². The van der Waals surface area contributed by atoms with Gasteiger partial charge in [-0.15, -0.1) is 5.06 Å². The number of aliphatic hydroxyl groups excluding tert-OH is 1. The first-order valence-corrected chi connectivity index (χ1v) is 13.9. The molecule has 0 aromatic heterocycles. The van der Waals surface area contributed by atoms with Crippen LogP contribution in [-0.4, -0.2) is 143 Å². The van der Waals surface area contributed by atoms with Crippen LogP contribution in [0.4, 0.5) is 0 Å². The normalized spacial score (nSPS) is 16.6. The molecule has 2 aliphatic heterocycles. The van der Waals surface area contributed by atoms with Crippen LogP contribution in [0.15, 0.2) is 12.2 Å². The number of aliphatic hydroxyl groups is 1. The molecule has 2 N–H and O–H groups in total. The second kappa shape index (κ2) is 21.7. The fourth-order valence-electron chi connectivity index (χ4n) is 3.49. The summed E-state index contributed by atoms with van der Waals surface area (Å²) in [6, 6.07) is 0. The van der Waals surface area contributed by atoms with Gasteiger partial charge in [0.15, 0.2) is 6.23 Å². The average Bonchev–Trinajstić information content (AvgIpc) is 3.46. The predicted octanol–water partition coefficient (Wildman–Crippen LogP) is -1.69. The maximum absolute atomic E-state index is 11.8. The van der Waals surface area contributed by atoms with Gasteiger partial charge in [-0.2, -0.15) is 0 Å². The third-order valence-corrected chi connectivity index (χ3v) is 5.68. The molecule has 16 heteroatoms. The second-order valence-corrected chi connectivity index (χ2v) is 8.89. The van der Waals surface area contributed by atoms with Crippen LogP contribution < -0.4 is 5.32 Å². The van der Waals surface area contributed by atoms with Crippen molar-refractivity contribution >= 4 is 29.6 Å². The lowest BCUT2D eigenvalue weighted by atomic mass is 10.3. The summed E-state index contributed by atoms with van der Waals surface area (Å²) in [5.74, 6) is -2.15. The van der Waals surface area contributed by atoms with Crippen molar-refractivity contribution < 1.29 is 62.3 Å². The molecule has 0 aliphatic carbocycles. The molecule has 238 valence electrons. The van der Waals surface area contributed by atoms with E-state index in [1.807, 2.05) is 0 Å². The molecule has 2 rings (SSSR count). The maximum Gasteiger partial charge on any atom is 0.334 e. The summed E-state index contributed by atoms with van der Waals surface area (Å²) in [5.41, 5.74) is 0. The molecule has 4 amide bonds. The van der Waals surface area contributed by atoms with Crippen LogP contribution in [0, 0.1) is 0 Å². The first kappa shape index (κ1) is 35.2. The van der Waals surface area contributed by atoms with Gasteiger partial charge >= 0.3 is 5.97 Å². The lowest BCUT2D eigenvalue weighted by Gasteiger charge is -2.18. The molecule has 1 saturated heterocycles. The third kappa shape index (κ3) is 15.3. The van der Waals surface area contributed by atoms with Crippen LogP contribution in [0.2, 0.25) is 0 Å². The minimum absolute atomic E-state index is 0.0402. The highest BCUT2D eigenvalue weighted by molar-refractivity contribution is 6.13. The Morgan fingerprint density at radius 1 is 0.738 bits per heavy atom. The van der Waals surface area contributed by atoms with Gasteiger partial charge in [-0.1, -0.05) is 0 Å². The van der Waals surface area contributed by atoms with Crippen molar-refractivity contribution in [2.45, 2.75) is 31.9 Å². The number of carbonyl (C=O) groups excluding carboxylic acids is 5. The van der Waals surface area contributed by atoms with E-state index < -0.39 is 29.9 Å². The van der Waals surface area contributed by atoms with E-state index in [1.165, 1.54) is 12.2 Å². The Hall–Kier alpha value is -2.99. The van der Waals surface area contributed by atoms with Crippen molar-refractivity contribution in [2.75, 3.05) is 92.4 Å². The van der Waals surface area contributed by atoms with Gasteiger partial charge in [-0.3, -0.25) is 24.1 Å². The molecule has 2 heterocycles. The molecule has 0 spiro atoms. The third-order valence-electron chi connectivity index (χ3n) is 5.68. The van der Waals surface area contributed by atoms with Crippen LogP contribution >= 0.6 is 0 Å². The average molecular weight is 604 g/mol. The number of ether oxygens (including phenoxy) is 6. The molecule has 1 unspecified atom stereocenters. The molecule has 2 aliphatic rings. The molecular weight excluding hydrogens is 562 g/mol. The van der Waals surface area contributed by atoms with Crippen LogP contribution in [0.1, 0.15) is 25.7 Å². The molecule has 0 aromatic carbocycles. The Morgan fingerprint density at radius 2 is 1.21 bits per heavy atom. The number of amides is 4. The van der Waals surface area contributed by atoms with E-state index in [4.69, 9.17) is 33.3 Å². The maximum atomic E-state index is 11.8. The second-order valence-electron chi connectivity index (χ2n) is 8.89. The van der Waals surface area contributed by atoms with Crippen molar-refractivity contribution in [3.63, 3.8) is 0 Å². The topological polar surface area (TPSA) is 189 Å². The zero-order valence-electron chi connectivity index (χ0n) is 23.7. The first-order valence-electron chi connectivity index (χ1n) is 13.9. The van der Waals surface area contributed by atoms with Gasteiger partial charge in [0, 0.05) is 44.5 Å².